The maximum atomic E-state index is 12.8. The van der Waals surface area contributed by atoms with Gasteiger partial charge in [0.15, 0.2) is 5.76 Å². The highest BCUT2D eigenvalue weighted by atomic mass is 16.5. The first-order valence-electron chi connectivity index (χ1n) is 8.37. The number of pyridine rings is 1. The Morgan fingerprint density at radius 1 is 1.04 bits per heavy atom. The second-order valence-electron chi connectivity index (χ2n) is 6.05. The fourth-order valence-electron chi connectivity index (χ4n) is 2.89. The van der Waals surface area contributed by atoms with Gasteiger partial charge < -0.3 is 9.15 Å². The Morgan fingerprint density at radius 3 is 2.65 bits per heavy atom. The summed E-state index contributed by atoms with van der Waals surface area (Å²) >= 11 is 0. The molecule has 0 saturated heterocycles. The zero-order valence-corrected chi connectivity index (χ0v) is 14.3. The standard InChI is InChI=1S/C22H17NO3/c1-15-7-2-3-8-16(15)14-26-22(24)18-13-20(21-11-6-12-25-21)23-19-10-5-4-9-17(18)19/h2-13H,14H2,1H3. The average molecular weight is 343 g/mol. The highest BCUT2D eigenvalue weighted by molar-refractivity contribution is 6.04. The van der Waals surface area contributed by atoms with Crippen LogP contribution in [0.15, 0.2) is 77.4 Å². The van der Waals surface area contributed by atoms with Crippen molar-refractivity contribution in [3.05, 3.63) is 89.7 Å². The summed E-state index contributed by atoms with van der Waals surface area (Å²) in [5.74, 6) is 0.239. The number of nitrogens with zero attached hydrogens (tertiary/aromatic N) is 1. The van der Waals surface area contributed by atoms with Crippen LogP contribution in [0, 0.1) is 6.92 Å². The highest BCUT2D eigenvalue weighted by Crippen LogP contribution is 2.26. The Morgan fingerprint density at radius 2 is 1.85 bits per heavy atom. The molecular weight excluding hydrogens is 326 g/mol. The first-order chi connectivity index (χ1) is 12.7. The minimum atomic E-state index is -0.375. The van der Waals surface area contributed by atoms with E-state index in [9.17, 15) is 4.79 Å². The second-order valence-corrected chi connectivity index (χ2v) is 6.05. The van der Waals surface area contributed by atoms with Crippen molar-refractivity contribution in [3.8, 4) is 11.5 Å². The lowest BCUT2D eigenvalue weighted by molar-refractivity contribution is 0.0474. The Labute approximate surface area is 151 Å². The van der Waals surface area contributed by atoms with Crippen LogP contribution in [-0.2, 0) is 11.3 Å². The number of fused-ring (bicyclic) bond motifs is 1. The third-order valence-corrected chi connectivity index (χ3v) is 4.33. The third-order valence-electron chi connectivity index (χ3n) is 4.33. The van der Waals surface area contributed by atoms with Crippen molar-refractivity contribution in [2.75, 3.05) is 0 Å². The highest BCUT2D eigenvalue weighted by Gasteiger charge is 2.16. The van der Waals surface area contributed by atoms with Crippen molar-refractivity contribution in [1.82, 2.24) is 4.98 Å². The van der Waals surface area contributed by atoms with Crippen LogP contribution in [0.25, 0.3) is 22.4 Å². The van der Waals surface area contributed by atoms with Gasteiger partial charge in [0, 0.05) is 5.39 Å². The minimum absolute atomic E-state index is 0.234. The molecule has 0 amide bonds. The number of carbonyl (C=O) groups excluding carboxylic acids is 1. The lowest BCUT2D eigenvalue weighted by Gasteiger charge is -2.10. The molecule has 2 aromatic carbocycles. The normalized spacial score (nSPS) is 10.8. The number of hydrogen-bond acceptors (Lipinski definition) is 4. The zero-order chi connectivity index (χ0) is 17.9. The number of rotatable bonds is 4. The van der Waals surface area contributed by atoms with Crippen molar-refractivity contribution in [1.29, 1.82) is 0 Å². The number of furan rings is 1. The molecule has 0 aliphatic carbocycles. The Hall–Kier alpha value is -3.40. The van der Waals surface area contributed by atoms with Crippen LogP contribution < -0.4 is 0 Å². The Kier molecular flexibility index (Phi) is 4.23. The van der Waals surface area contributed by atoms with E-state index in [1.807, 2.05) is 61.5 Å². The van der Waals surface area contributed by atoms with Gasteiger partial charge in [-0.2, -0.15) is 0 Å². The summed E-state index contributed by atoms with van der Waals surface area (Å²) in [6.45, 7) is 2.23. The van der Waals surface area contributed by atoms with Crippen molar-refractivity contribution in [3.63, 3.8) is 0 Å². The van der Waals surface area contributed by atoms with Crippen LogP contribution in [0.2, 0.25) is 0 Å². The van der Waals surface area contributed by atoms with E-state index < -0.39 is 0 Å². The first kappa shape index (κ1) is 16.1. The van der Waals surface area contributed by atoms with Crippen molar-refractivity contribution in [2.24, 2.45) is 0 Å². The second kappa shape index (κ2) is 6.84. The molecule has 128 valence electrons. The molecule has 2 aromatic heterocycles. The molecule has 0 spiro atoms. The molecule has 26 heavy (non-hydrogen) atoms. The van der Waals surface area contributed by atoms with Gasteiger partial charge in [-0.3, -0.25) is 0 Å². The number of benzene rings is 2. The number of hydrogen-bond donors (Lipinski definition) is 0. The SMILES string of the molecule is Cc1ccccc1COC(=O)c1cc(-c2ccco2)nc2ccccc12. The molecule has 0 unspecified atom stereocenters. The summed E-state index contributed by atoms with van der Waals surface area (Å²) in [6.07, 6.45) is 1.59. The van der Waals surface area contributed by atoms with E-state index in [2.05, 4.69) is 4.98 Å². The van der Waals surface area contributed by atoms with Crippen LogP contribution >= 0.6 is 0 Å². The van der Waals surface area contributed by atoms with E-state index in [0.29, 0.717) is 17.0 Å². The number of esters is 1. The van der Waals surface area contributed by atoms with E-state index in [0.717, 1.165) is 22.0 Å². The molecule has 2 heterocycles. The van der Waals surface area contributed by atoms with E-state index >= 15 is 0 Å². The van der Waals surface area contributed by atoms with Crippen LogP contribution in [0.1, 0.15) is 21.5 Å². The topological polar surface area (TPSA) is 52.3 Å². The fraction of sp³-hybridized carbons (Fsp3) is 0.0909. The fourth-order valence-corrected chi connectivity index (χ4v) is 2.89. The lowest BCUT2D eigenvalue weighted by atomic mass is 10.1. The van der Waals surface area contributed by atoms with Gasteiger partial charge in [0.1, 0.15) is 12.3 Å². The molecule has 0 atom stereocenters. The first-order valence-corrected chi connectivity index (χ1v) is 8.37. The molecule has 0 bridgehead atoms. The van der Waals surface area contributed by atoms with E-state index in [4.69, 9.17) is 9.15 Å². The van der Waals surface area contributed by atoms with E-state index in [1.54, 1.807) is 18.4 Å². The Balaban J connectivity index is 1.70. The van der Waals surface area contributed by atoms with Gasteiger partial charge in [-0.05, 0) is 42.3 Å². The molecule has 0 fully saturated rings. The van der Waals surface area contributed by atoms with Crippen molar-refractivity contribution in [2.45, 2.75) is 13.5 Å². The van der Waals surface area contributed by atoms with Gasteiger partial charge >= 0.3 is 5.97 Å². The molecule has 4 nitrogen and oxygen atoms in total. The summed E-state index contributed by atoms with van der Waals surface area (Å²) < 4.78 is 11.0. The van der Waals surface area contributed by atoms with Crippen molar-refractivity contribution < 1.29 is 13.9 Å². The lowest BCUT2D eigenvalue weighted by Crippen LogP contribution is -2.07. The van der Waals surface area contributed by atoms with Crippen LogP contribution in [-0.4, -0.2) is 11.0 Å². The van der Waals surface area contributed by atoms with Gasteiger partial charge in [0.05, 0.1) is 17.3 Å². The summed E-state index contributed by atoms with van der Waals surface area (Å²) in [7, 11) is 0. The smallest absolute Gasteiger partial charge is 0.339 e. The maximum Gasteiger partial charge on any atom is 0.339 e. The maximum absolute atomic E-state index is 12.8. The molecule has 0 N–H and O–H groups in total. The summed E-state index contributed by atoms with van der Waals surface area (Å²) in [6, 6.07) is 20.7. The summed E-state index contributed by atoms with van der Waals surface area (Å²) in [4.78, 5) is 17.4. The number of para-hydroxylation sites is 1. The summed E-state index contributed by atoms with van der Waals surface area (Å²) in [5.41, 5.74) is 3.90. The molecular formula is C22H17NO3. The van der Waals surface area contributed by atoms with Gasteiger partial charge in [0.25, 0.3) is 0 Å². The van der Waals surface area contributed by atoms with Crippen LogP contribution in [0.5, 0.6) is 0 Å². The van der Waals surface area contributed by atoms with Gasteiger partial charge in [-0.25, -0.2) is 9.78 Å². The van der Waals surface area contributed by atoms with Crippen LogP contribution in [0.4, 0.5) is 0 Å². The number of ether oxygens (including phenoxy) is 1. The van der Waals surface area contributed by atoms with Gasteiger partial charge in [-0.1, -0.05) is 42.5 Å². The quantitative estimate of drug-likeness (QED) is 0.480. The predicted octanol–water partition coefficient (Wildman–Crippen LogP) is 5.16. The van der Waals surface area contributed by atoms with Gasteiger partial charge in [-0.15, -0.1) is 0 Å². The van der Waals surface area contributed by atoms with Crippen molar-refractivity contribution >= 4 is 16.9 Å². The van der Waals surface area contributed by atoms with E-state index in [-0.39, 0.29) is 12.6 Å². The molecule has 4 heteroatoms. The van der Waals surface area contributed by atoms with E-state index in [1.165, 1.54) is 0 Å². The molecule has 4 rings (SSSR count). The number of aromatic nitrogens is 1. The number of aryl methyl sites for hydroxylation is 1. The zero-order valence-electron chi connectivity index (χ0n) is 14.3. The third kappa shape index (κ3) is 3.09. The molecule has 4 aromatic rings. The summed E-state index contributed by atoms with van der Waals surface area (Å²) in [5, 5.41) is 0.762. The molecule has 0 aliphatic heterocycles. The molecule has 0 aliphatic rings. The number of carbonyl (C=O) groups is 1. The largest absolute Gasteiger partial charge is 0.463 e. The molecule has 0 radical (unpaired) electrons. The van der Waals surface area contributed by atoms with Crippen LogP contribution in [0.3, 0.4) is 0 Å². The van der Waals surface area contributed by atoms with Gasteiger partial charge in [0.2, 0.25) is 0 Å². The Bertz CT molecular complexity index is 1070. The molecule has 0 saturated carbocycles. The predicted molar refractivity (Wildman–Crippen MR) is 99.7 cm³/mol. The monoisotopic (exact) mass is 343 g/mol. The average Bonchev–Trinajstić information content (AvgIpc) is 3.21. The minimum Gasteiger partial charge on any atom is -0.463 e.